The van der Waals surface area contributed by atoms with E-state index in [9.17, 15) is 0 Å². The Morgan fingerprint density at radius 1 is 0.824 bits per heavy atom. The minimum atomic E-state index is -0.0543. The molecule has 10 heteroatoms. The topological polar surface area (TPSA) is 116 Å². The Hall–Kier alpha value is -3.61. The lowest BCUT2D eigenvalue weighted by Crippen LogP contribution is -2.24. The Bertz CT molecular complexity index is 1200. The molecule has 0 radical (unpaired) electrons. The highest BCUT2D eigenvalue weighted by atomic mass is 15.6. The van der Waals surface area contributed by atoms with Crippen molar-refractivity contribution in [3.8, 4) is 6.07 Å². The fraction of sp³-hybridized carbons (Fsp3) is 0.542. The average Bonchev–Trinajstić information content (AvgIpc) is 3.46. The third kappa shape index (κ3) is 7.47. The minimum Gasteiger partial charge on any atom is -0.266 e. The molecule has 0 saturated heterocycles. The van der Waals surface area contributed by atoms with Crippen molar-refractivity contribution in [3.63, 3.8) is 0 Å². The molecule has 0 saturated carbocycles. The SMILES string of the molecule is CC(C)(C)n1cc(C#N)cn1.CC(C)(C)n1cc2ccncc2n1.Cc1nnn(C(C)(C)C)n1. The van der Waals surface area contributed by atoms with E-state index in [-0.39, 0.29) is 16.6 Å². The predicted molar refractivity (Wildman–Crippen MR) is 132 cm³/mol. The minimum absolute atomic E-state index is 0.0326. The van der Waals surface area contributed by atoms with E-state index >= 15 is 0 Å². The molecule has 0 aromatic carbocycles. The third-order valence-corrected chi connectivity index (χ3v) is 4.51. The standard InChI is InChI=1S/C10H13N3.C8H11N3.C6H12N4/c1-10(2,3)13-7-8-4-5-11-6-9(8)12-13;1-8(2,3)11-6-7(4-9)5-10-11;1-5-7-9-10(8-5)6(2,3)4/h4-7H,1-3H3;5-6H,1-3H3;1-4H3. The summed E-state index contributed by atoms with van der Waals surface area (Å²) >= 11 is 0. The lowest BCUT2D eigenvalue weighted by atomic mass is 10.1. The number of pyridine rings is 1. The number of tetrazole rings is 1. The van der Waals surface area contributed by atoms with Gasteiger partial charge in [0.2, 0.25) is 0 Å². The number of hydrogen-bond donors (Lipinski definition) is 0. The quantitative estimate of drug-likeness (QED) is 0.378. The number of aromatic nitrogens is 9. The molecule has 4 aromatic rings. The molecule has 34 heavy (non-hydrogen) atoms. The predicted octanol–water partition coefficient (Wildman–Crippen LogP) is 4.43. The van der Waals surface area contributed by atoms with E-state index in [0.717, 1.165) is 16.7 Å². The summed E-state index contributed by atoms with van der Waals surface area (Å²) in [6.45, 7) is 20.5. The van der Waals surface area contributed by atoms with Crippen LogP contribution < -0.4 is 0 Å². The highest BCUT2D eigenvalue weighted by Crippen LogP contribution is 2.17. The molecule has 0 aliphatic rings. The van der Waals surface area contributed by atoms with Crippen molar-refractivity contribution in [2.75, 3.05) is 0 Å². The molecule has 0 aliphatic heterocycles. The zero-order valence-electron chi connectivity index (χ0n) is 21.9. The maximum Gasteiger partial charge on any atom is 0.171 e. The first-order valence-electron chi connectivity index (χ1n) is 11.1. The van der Waals surface area contributed by atoms with Crippen LogP contribution in [0.5, 0.6) is 0 Å². The van der Waals surface area contributed by atoms with Crippen LogP contribution in [0.2, 0.25) is 0 Å². The van der Waals surface area contributed by atoms with Gasteiger partial charge < -0.3 is 0 Å². The van der Waals surface area contributed by atoms with E-state index in [1.165, 1.54) is 0 Å². The van der Waals surface area contributed by atoms with Gasteiger partial charge in [0.1, 0.15) is 11.6 Å². The monoisotopic (exact) mass is 464 g/mol. The van der Waals surface area contributed by atoms with Gasteiger partial charge in [-0.25, -0.2) is 0 Å². The van der Waals surface area contributed by atoms with Gasteiger partial charge >= 0.3 is 0 Å². The lowest BCUT2D eigenvalue weighted by Gasteiger charge is -2.18. The first-order valence-corrected chi connectivity index (χ1v) is 11.1. The van der Waals surface area contributed by atoms with Crippen LogP contribution in [-0.4, -0.2) is 44.8 Å². The van der Waals surface area contributed by atoms with Crippen molar-refractivity contribution in [1.29, 1.82) is 5.26 Å². The maximum atomic E-state index is 8.51. The summed E-state index contributed by atoms with van der Waals surface area (Å²) in [7, 11) is 0. The van der Waals surface area contributed by atoms with Gasteiger partial charge in [-0.1, -0.05) is 0 Å². The van der Waals surface area contributed by atoms with E-state index < -0.39 is 0 Å². The van der Waals surface area contributed by atoms with Crippen LogP contribution in [0.1, 0.15) is 73.7 Å². The van der Waals surface area contributed by atoms with Crippen LogP contribution in [0.3, 0.4) is 0 Å². The van der Waals surface area contributed by atoms with Gasteiger partial charge in [0, 0.05) is 24.0 Å². The van der Waals surface area contributed by atoms with Crippen molar-refractivity contribution in [3.05, 3.63) is 48.4 Å². The highest BCUT2D eigenvalue weighted by Gasteiger charge is 2.16. The van der Waals surface area contributed by atoms with Crippen LogP contribution in [-0.2, 0) is 16.6 Å². The van der Waals surface area contributed by atoms with E-state index in [4.69, 9.17) is 5.26 Å². The molecule has 0 unspecified atom stereocenters. The number of nitriles is 1. The molecule has 0 spiro atoms. The van der Waals surface area contributed by atoms with Crippen molar-refractivity contribution < 1.29 is 0 Å². The summed E-state index contributed by atoms with van der Waals surface area (Å²) in [6, 6.07) is 4.01. The van der Waals surface area contributed by atoms with E-state index in [1.807, 2.05) is 65.3 Å². The fourth-order valence-electron chi connectivity index (χ4n) is 2.53. The van der Waals surface area contributed by atoms with Crippen LogP contribution in [0.25, 0.3) is 10.9 Å². The number of hydrogen-bond acceptors (Lipinski definition) is 7. The normalized spacial score (nSPS) is 11.8. The second-order valence-electron chi connectivity index (χ2n) is 10.9. The summed E-state index contributed by atoms with van der Waals surface area (Å²) in [6.07, 6.45) is 8.96. The van der Waals surface area contributed by atoms with Gasteiger partial charge in [-0.15, -0.1) is 10.2 Å². The largest absolute Gasteiger partial charge is 0.266 e. The molecule has 0 N–H and O–H groups in total. The zero-order valence-corrected chi connectivity index (χ0v) is 21.9. The number of rotatable bonds is 0. The molecule has 0 atom stereocenters. The van der Waals surface area contributed by atoms with Gasteiger partial charge in [-0.05, 0) is 80.5 Å². The number of fused-ring (bicyclic) bond motifs is 1. The first kappa shape index (κ1) is 26.6. The van der Waals surface area contributed by atoms with Crippen molar-refractivity contribution in [2.24, 2.45) is 0 Å². The van der Waals surface area contributed by atoms with Gasteiger partial charge in [0.05, 0.1) is 34.6 Å². The first-order chi connectivity index (χ1) is 15.6. The second-order valence-corrected chi connectivity index (χ2v) is 10.9. The fourth-order valence-corrected chi connectivity index (χ4v) is 2.53. The van der Waals surface area contributed by atoms with Gasteiger partial charge in [-0.3, -0.25) is 14.3 Å². The molecule has 0 amide bonds. The Labute approximate surface area is 201 Å². The van der Waals surface area contributed by atoms with Crippen molar-refractivity contribution in [1.82, 2.24) is 44.8 Å². The van der Waals surface area contributed by atoms with Gasteiger partial charge in [0.15, 0.2) is 5.82 Å². The molecule has 182 valence electrons. The van der Waals surface area contributed by atoms with Crippen molar-refractivity contribution in [2.45, 2.75) is 85.9 Å². The lowest BCUT2D eigenvalue weighted by molar-refractivity contribution is 0.305. The molecular formula is C24H36N10. The van der Waals surface area contributed by atoms with E-state index in [2.05, 4.69) is 57.6 Å². The van der Waals surface area contributed by atoms with Crippen LogP contribution >= 0.6 is 0 Å². The smallest absolute Gasteiger partial charge is 0.171 e. The second kappa shape index (κ2) is 10.1. The molecule has 4 aromatic heterocycles. The zero-order chi connectivity index (χ0) is 25.7. The maximum absolute atomic E-state index is 8.51. The third-order valence-electron chi connectivity index (χ3n) is 4.51. The Morgan fingerprint density at radius 3 is 1.85 bits per heavy atom. The van der Waals surface area contributed by atoms with Crippen LogP contribution in [0.4, 0.5) is 0 Å². The average molecular weight is 465 g/mol. The van der Waals surface area contributed by atoms with E-state index in [1.54, 1.807) is 34.3 Å². The molecule has 0 aliphatic carbocycles. The molecule has 0 fully saturated rings. The Balaban J connectivity index is 0.000000182. The Morgan fingerprint density at radius 2 is 1.47 bits per heavy atom. The van der Waals surface area contributed by atoms with Crippen LogP contribution in [0, 0.1) is 18.3 Å². The van der Waals surface area contributed by atoms with Crippen LogP contribution in [0.15, 0.2) is 37.1 Å². The summed E-state index contributed by atoms with van der Waals surface area (Å²) in [5, 5.41) is 29.9. The number of aryl methyl sites for hydroxylation is 1. The van der Waals surface area contributed by atoms with Gasteiger partial charge in [-0.2, -0.15) is 20.3 Å². The molecular weight excluding hydrogens is 428 g/mol. The molecule has 0 bridgehead atoms. The molecule has 4 rings (SSSR count). The number of nitrogens with zero attached hydrogens (tertiary/aromatic N) is 10. The van der Waals surface area contributed by atoms with Gasteiger partial charge in [0.25, 0.3) is 0 Å². The van der Waals surface area contributed by atoms with E-state index in [0.29, 0.717) is 5.56 Å². The summed E-state index contributed by atoms with van der Waals surface area (Å²) in [4.78, 5) is 5.65. The molecule has 4 heterocycles. The Kier molecular flexibility index (Phi) is 7.93. The summed E-state index contributed by atoms with van der Waals surface area (Å²) < 4.78 is 3.75. The van der Waals surface area contributed by atoms with Crippen molar-refractivity contribution >= 4 is 10.9 Å². The molecule has 10 nitrogen and oxygen atoms in total. The summed E-state index contributed by atoms with van der Waals surface area (Å²) in [5.41, 5.74) is 1.52. The summed E-state index contributed by atoms with van der Waals surface area (Å²) in [5.74, 6) is 0.718. The highest BCUT2D eigenvalue weighted by molar-refractivity contribution is 5.76.